The van der Waals surface area contributed by atoms with Crippen molar-refractivity contribution in [2.24, 2.45) is 0 Å². The van der Waals surface area contributed by atoms with Crippen LogP contribution in [0.2, 0.25) is 0 Å². The molecule has 2 atom stereocenters. The van der Waals surface area contributed by atoms with Gasteiger partial charge >= 0.3 is 0 Å². The van der Waals surface area contributed by atoms with E-state index in [4.69, 9.17) is 10.5 Å². The predicted octanol–water partition coefficient (Wildman–Crippen LogP) is 0.648. The van der Waals surface area contributed by atoms with Crippen LogP contribution in [0.25, 0.3) is 11.2 Å². The van der Waals surface area contributed by atoms with Crippen molar-refractivity contribution in [2.75, 3.05) is 26.4 Å². The largest absolute Gasteiger partial charge is 0.382 e. The molecule has 2 aromatic heterocycles. The molecule has 1 aliphatic heterocycles. The van der Waals surface area contributed by atoms with E-state index >= 15 is 0 Å². The first-order valence-corrected chi connectivity index (χ1v) is 6.38. The first kappa shape index (κ1) is 12.3. The Bertz CT molecular complexity index is 581. The number of nitrogens with two attached hydrogens (primary N) is 1. The molecule has 3 heterocycles. The molecule has 1 aliphatic rings. The van der Waals surface area contributed by atoms with Gasteiger partial charge in [-0.25, -0.2) is 15.0 Å². The molecule has 0 aliphatic carbocycles. The second kappa shape index (κ2) is 4.75. The molecular weight excluding hydrogens is 244 g/mol. The van der Waals surface area contributed by atoms with Crippen LogP contribution >= 0.6 is 0 Å². The van der Waals surface area contributed by atoms with Gasteiger partial charge < -0.3 is 15.4 Å². The fraction of sp³-hybridized carbons (Fsp3) is 0.583. The van der Waals surface area contributed by atoms with Gasteiger partial charge in [0.05, 0.1) is 12.4 Å². The third-order valence-corrected chi connectivity index (χ3v) is 3.35. The number of likely N-dealkylation sites (N-methyl/N-ethyl adjacent to an activating group) is 1. The van der Waals surface area contributed by atoms with Gasteiger partial charge in [-0.05, 0) is 26.9 Å². The number of hydrogen-bond acceptors (Lipinski definition) is 6. The third-order valence-electron chi connectivity index (χ3n) is 3.35. The van der Waals surface area contributed by atoms with Gasteiger partial charge in [0.25, 0.3) is 0 Å². The minimum Gasteiger partial charge on any atom is -0.382 e. The van der Waals surface area contributed by atoms with Crippen molar-refractivity contribution in [3.8, 4) is 0 Å². The Morgan fingerprint density at radius 3 is 3.00 bits per heavy atom. The van der Waals surface area contributed by atoms with Crippen molar-refractivity contribution < 1.29 is 4.74 Å². The molecule has 7 nitrogen and oxygen atoms in total. The van der Waals surface area contributed by atoms with E-state index in [1.807, 2.05) is 4.57 Å². The highest BCUT2D eigenvalue weighted by molar-refractivity contribution is 5.81. The monoisotopic (exact) mass is 262 g/mol. The maximum Gasteiger partial charge on any atom is 0.167 e. The van der Waals surface area contributed by atoms with Crippen molar-refractivity contribution >= 4 is 17.0 Å². The quantitative estimate of drug-likeness (QED) is 0.874. The number of nitrogens with zero attached hydrogens (tertiary/aromatic N) is 5. The lowest BCUT2D eigenvalue weighted by Crippen LogP contribution is -2.25. The fourth-order valence-electron chi connectivity index (χ4n) is 2.51. The number of anilines is 1. The Kier molecular flexibility index (Phi) is 3.08. The number of hydrogen-bond donors (Lipinski definition) is 1. The summed E-state index contributed by atoms with van der Waals surface area (Å²) in [6.07, 6.45) is 5.46. The van der Waals surface area contributed by atoms with Crippen molar-refractivity contribution in [3.63, 3.8) is 0 Å². The van der Waals surface area contributed by atoms with E-state index in [0.29, 0.717) is 11.3 Å². The molecule has 1 saturated heterocycles. The van der Waals surface area contributed by atoms with Crippen LogP contribution in [0.3, 0.4) is 0 Å². The first-order valence-electron chi connectivity index (χ1n) is 6.38. The Hall–Kier alpha value is -1.73. The zero-order valence-corrected chi connectivity index (χ0v) is 11.2. The zero-order chi connectivity index (χ0) is 13.4. The lowest BCUT2D eigenvalue weighted by Gasteiger charge is -2.18. The van der Waals surface area contributed by atoms with Crippen LogP contribution in [0.5, 0.6) is 0 Å². The minimum atomic E-state index is -0.00995. The summed E-state index contributed by atoms with van der Waals surface area (Å²) in [5, 5.41) is 0. The van der Waals surface area contributed by atoms with Gasteiger partial charge in [-0.15, -0.1) is 0 Å². The molecule has 0 amide bonds. The average molecular weight is 262 g/mol. The van der Waals surface area contributed by atoms with Crippen LogP contribution in [-0.2, 0) is 4.74 Å². The van der Waals surface area contributed by atoms with Crippen molar-refractivity contribution in [3.05, 3.63) is 12.7 Å². The van der Waals surface area contributed by atoms with E-state index in [0.717, 1.165) is 25.0 Å². The molecule has 3 rings (SSSR count). The van der Waals surface area contributed by atoms with Crippen LogP contribution in [0.4, 0.5) is 5.82 Å². The van der Waals surface area contributed by atoms with E-state index in [2.05, 4.69) is 33.9 Å². The van der Waals surface area contributed by atoms with Gasteiger partial charge in [0.2, 0.25) is 0 Å². The van der Waals surface area contributed by atoms with Crippen molar-refractivity contribution in [2.45, 2.75) is 25.2 Å². The van der Waals surface area contributed by atoms with Gasteiger partial charge in [0.1, 0.15) is 18.1 Å². The summed E-state index contributed by atoms with van der Waals surface area (Å²) in [6.45, 7) is 0.931. The van der Waals surface area contributed by atoms with Gasteiger partial charge in [-0.2, -0.15) is 0 Å². The van der Waals surface area contributed by atoms with Crippen LogP contribution in [0.15, 0.2) is 12.7 Å². The first-order chi connectivity index (χ1) is 9.15. The highest BCUT2D eigenvalue weighted by Crippen LogP contribution is 2.30. The molecule has 0 saturated carbocycles. The fourth-order valence-corrected chi connectivity index (χ4v) is 2.51. The molecule has 0 aromatic carbocycles. The number of rotatable bonds is 3. The summed E-state index contributed by atoms with van der Waals surface area (Å²) in [7, 11) is 4.11. The molecular formula is C12H18N6O. The van der Waals surface area contributed by atoms with Gasteiger partial charge in [0.15, 0.2) is 11.5 Å². The molecule has 19 heavy (non-hydrogen) atoms. The molecule has 1 fully saturated rings. The maximum atomic E-state index is 6.04. The summed E-state index contributed by atoms with van der Waals surface area (Å²) in [5.74, 6) is 0.409. The second-order valence-electron chi connectivity index (χ2n) is 5.14. The maximum absolute atomic E-state index is 6.04. The predicted molar refractivity (Wildman–Crippen MR) is 71.4 cm³/mol. The Labute approximate surface area is 111 Å². The Balaban J connectivity index is 1.84. The number of nitrogen functional groups attached to an aromatic ring is 1. The smallest absolute Gasteiger partial charge is 0.167 e. The van der Waals surface area contributed by atoms with Gasteiger partial charge in [-0.1, -0.05) is 0 Å². The Morgan fingerprint density at radius 1 is 1.37 bits per heavy atom. The topological polar surface area (TPSA) is 82.1 Å². The van der Waals surface area contributed by atoms with Crippen LogP contribution in [0.1, 0.15) is 19.1 Å². The SMILES string of the molecule is CN(C)CC1CCC(n2cnc3c(N)ncnc32)O1. The van der Waals surface area contributed by atoms with Gasteiger partial charge in [-0.3, -0.25) is 4.57 Å². The molecule has 102 valence electrons. The lowest BCUT2D eigenvalue weighted by atomic mass is 10.2. The molecule has 0 spiro atoms. The molecule has 0 bridgehead atoms. The van der Waals surface area contributed by atoms with Crippen molar-refractivity contribution in [1.82, 2.24) is 24.4 Å². The standard InChI is InChI=1S/C12H18N6O/c1-17(2)5-8-3-4-9(19-8)18-7-16-10-11(13)14-6-15-12(10)18/h6-9H,3-5H2,1-2H3,(H2,13,14,15). The lowest BCUT2D eigenvalue weighted by molar-refractivity contribution is -0.00577. The number of imidazole rings is 1. The zero-order valence-electron chi connectivity index (χ0n) is 11.2. The molecule has 2 aromatic rings. The molecule has 2 N–H and O–H groups in total. The average Bonchev–Trinajstić information content (AvgIpc) is 2.95. The van der Waals surface area contributed by atoms with E-state index in [9.17, 15) is 0 Å². The summed E-state index contributed by atoms with van der Waals surface area (Å²) in [4.78, 5) is 14.6. The van der Waals surface area contributed by atoms with E-state index < -0.39 is 0 Å². The third kappa shape index (κ3) is 2.26. The van der Waals surface area contributed by atoms with Crippen LogP contribution < -0.4 is 5.73 Å². The van der Waals surface area contributed by atoms with Crippen LogP contribution in [0, 0.1) is 0 Å². The summed E-state index contributed by atoms with van der Waals surface area (Å²) in [6, 6.07) is 0. The highest BCUT2D eigenvalue weighted by atomic mass is 16.5. The summed E-state index contributed by atoms with van der Waals surface area (Å²) < 4.78 is 7.99. The normalized spacial score (nSPS) is 23.5. The van der Waals surface area contributed by atoms with E-state index in [-0.39, 0.29) is 12.3 Å². The highest BCUT2D eigenvalue weighted by Gasteiger charge is 2.28. The van der Waals surface area contributed by atoms with Crippen LogP contribution in [-0.4, -0.2) is 51.2 Å². The van der Waals surface area contributed by atoms with Gasteiger partial charge in [0, 0.05) is 6.54 Å². The number of ether oxygens (including phenoxy) is 1. The van der Waals surface area contributed by atoms with E-state index in [1.165, 1.54) is 6.33 Å². The summed E-state index contributed by atoms with van der Waals surface area (Å²) in [5.41, 5.74) is 7.17. The second-order valence-corrected chi connectivity index (χ2v) is 5.14. The molecule has 2 unspecified atom stereocenters. The summed E-state index contributed by atoms with van der Waals surface area (Å²) >= 11 is 0. The number of aromatic nitrogens is 4. The van der Waals surface area contributed by atoms with E-state index in [1.54, 1.807) is 6.33 Å². The molecule has 0 radical (unpaired) electrons. The van der Waals surface area contributed by atoms with Crippen molar-refractivity contribution in [1.29, 1.82) is 0 Å². The minimum absolute atomic E-state index is 0.00995. The Morgan fingerprint density at radius 2 is 2.21 bits per heavy atom. The number of fused-ring (bicyclic) bond motifs is 1. The molecule has 7 heteroatoms.